The van der Waals surface area contributed by atoms with Crippen molar-refractivity contribution in [3.8, 4) is 0 Å². The standard InChI is InChI=1S/C31H24N4O5/c1-16-10-11-17(39-16)14-32-31(38)40-18-12-13-34-21-8-4-2-6-19(21)23-25-26(30(37)33-29(25)36)24-20-7-3-5-9-22(20)35(15-18)28(24)27(23)34/h2-11,18H,12-15H2,1H3,(H,32,38)(H,33,36,37). The summed E-state index contributed by atoms with van der Waals surface area (Å²) in [6.07, 6.45) is -0.393. The van der Waals surface area contributed by atoms with E-state index in [1.54, 1.807) is 0 Å². The summed E-state index contributed by atoms with van der Waals surface area (Å²) in [5.41, 5.74) is 4.52. The first-order valence-corrected chi connectivity index (χ1v) is 13.3. The predicted octanol–water partition coefficient (Wildman–Crippen LogP) is 5.39. The number of imide groups is 1. The fourth-order valence-corrected chi connectivity index (χ4v) is 6.56. The van der Waals surface area contributed by atoms with Crippen LogP contribution in [0.4, 0.5) is 4.79 Å². The van der Waals surface area contributed by atoms with Gasteiger partial charge in [-0.05, 0) is 31.2 Å². The molecule has 0 aliphatic carbocycles. The minimum absolute atomic E-state index is 0.233. The number of benzene rings is 3. The van der Waals surface area contributed by atoms with Crippen LogP contribution in [-0.2, 0) is 24.4 Å². The van der Waals surface area contributed by atoms with Crippen LogP contribution in [0.15, 0.2) is 65.1 Å². The maximum atomic E-state index is 13.3. The van der Waals surface area contributed by atoms with Crippen molar-refractivity contribution < 1.29 is 23.5 Å². The fourth-order valence-electron chi connectivity index (χ4n) is 6.56. The van der Waals surface area contributed by atoms with Crippen LogP contribution in [0.5, 0.6) is 0 Å². The van der Waals surface area contributed by atoms with Gasteiger partial charge in [-0.3, -0.25) is 14.9 Å². The predicted molar refractivity (Wildman–Crippen MR) is 149 cm³/mol. The topological polar surface area (TPSA) is 107 Å². The first-order valence-electron chi connectivity index (χ1n) is 13.3. The van der Waals surface area contributed by atoms with Gasteiger partial charge in [0.15, 0.2) is 0 Å². The zero-order valence-electron chi connectivity index (χ0n) is 21.6. The van der Waals surface area contributed by atoms with Crippen LogP contribution in [0, 0.1) is 6.92 Å². The molecule has 0 spiro atoms. The number of para-hydroxylation sites is 2. The van der Waals surface area contributed by atoms with Gasteiger partial charge in [0.2, 0.25) is 0 Å². The van der Waals surface area contributed by atoms with Crippen molar-refractivity contribution in [1.29, 1.82) is 0 Å². The molecule has 2 aliphatic rings. The van der Waals surface area contributed by atoms with E-state index in [1.165, 1.54) is 0 Å². The first-order chi connectivity index (χ1) is 19.5. The molecule has 2 N–H and O–H groups in total. The maximum absolute atomic E-state index is 13.3. The Morgan fingerprint density at radius 1 is 0.925 bits per heavy atom. The Morgan fingerprint density at radius 2 is 1.55 bits per heavy atom. The molecule has 5 heterocycles. The second kappa shape index (κ2) is 8.22. The van der Waals surface area contributed by atoms with Gasteiger partial charge in [0.25, 0.3) is 11.8 Å². The molecule has 3 aromatic carbocycles. The fraction of sp³-hybridized carbons (Fsp3) is 0.194. The van der Waals surface area contributed by atoms with Gasteiger partial charge in [-0.15, -0.1) is 0 Å². The van der Waals surface area contributed by atoms with Crippen molar-refractivity contribution >= 4 is 61.5 Å². The van der Waals surface area contributed by atoms with E-state index in [2.05, 4.69) is 19.8 Å². The molecule has 0 radical (unpaired) electrons. The van der Waals surface area contributed by atoms with Crippen molar-refractivity contribution in [2.24, 2.45) is 0 Å². The summed E-state index contributed by atoms with van der Waals surface area (Å²) < 4.78 is 15.9. The number of fused-ring (bicyclic) bond motifs is 9. The molecular weight excluding hydrogens is 508 g/mol. The van der Waals surface area contributed by atoms with Crippen LogP contribution >= 0.6 is 0 Å². The first kappa shape index (κ1) is 22.9. The number of carbonyl (C=O) groups is 3. The molecular formula is C31H24N4O5. The van der Waals surface area contributed by atoms with Crippen LogP contribution in [0.3, 0.4) is 0 Å². The molecule has 6 aromatic rings. The second-order valence-electron chi connectivity index (χ2n) is 10.5. The van der Waals surface area contributed by atoms with E-state index in [1.807, 2.05) is 67.6 Å². The molecule has 9 nitrogen and oxygen atoms in total. The van der Waals surface area contributed by atoms with Gasteiger partial charge in [0.05, 0.1) is 35.2 Å². The number of ether oxygens (including phenoxy) is 1. The molecule has 1 unspecified atom stereocenters. The molecule has 0 saturated carbocycles. The van der Waals surface area contributed by atoms with E-state index in [0.29, 0.717) is 36.4 Å². The highest BCUT2D eigenvalue weighted by Gasteiger charge is 2.37. The summed E-state index contributed by atoms with van der Waals surface area (Å²) in [5, 5.41) is 8.69. The number of furan rings is 1. The molecule has 9 heteroatoms. The summed E-state index contributed by atoms with van der Waals surface area (Å²) >= 11 is 0. The molecule has 0 saturated heterocycles. The van der Waals surface area contributed by atoms with Crippen LogP contribution < -0.4 is 10.6 Å². The van der Waals surface area contributed by atoms with Crippen LogP contribution in [0.25, 0.3) is 43.6 Å². The van der Waals surface area contributed by atoms with E-state index >= 15 is 0 Å². The van der Waals surface area contributed by atoms with Gasteiger partial charge >= 0.3 is 6.09 Å². The number of hydrogen-bond acceptors (Lipinski definition) is 5. The van der Waals surface area contributed by atoms with Gasteiger partial charge in [-0.2, -0.15) is 0 Å². The smallest absolute Gasteiger partial charge is 0.407 e. The van der Waals surface area contributed by atoms with E-state index < -0.39 is 12.2 Å². The van der Waals surface area contributed by atoms with Crippen molar-refractivity contribution in [3.05, 3.63) is 83.3 Å². The zero-order valence-corrected chi connectivity index (χ0v) is 21.6. The molecule has 0 bridgehead atoms. The Hall–Kier alpha value is -5.05. The van der Waals surface area contributed by atoms with Crippen LogP contribution in [-0.4, -0.2) is 33.1 Å². The molecule has 3 aromatic heterocycles. The third kappa shape index (κ3) is 3.11. The number of aromatic nitrogens is 2. The Kier molecular flexibility index (Phi) is 4.71. The van der Waals surface area contributed by atoms with Gasteiger partial charge in [0.1, 0.15) is 17.6 Å². The number of nitrogens with zero attached hydrogens (tertiary/aromatic N) is 2. The molecule has 1 atom stereocenters. The van der Waals surface area contributed by atoms with Crippen molar-refractivity contribution in [2.45, 2.75) is 39.1 Å². The highest BCUT2D eigenvalue weighted by molar-refractivity contribution is 6.39. The highest BCUT2D eigenvalue weighted by atomic mass is 16.6. The van der Waals surface area contributed by atoms with Crippen molar-refractivity contribution in [1.82, 2.24) is 19.8 Å². The Bertz CT molecular complexity index is 2080. The summed E-state index contributed by atoms with van der Waals surface area (Å²) in [6.45, 7) is 3.07. The summed E-state index contributed by atoms with van der Waals surface area (Å²) in [5.74, 6) is 0.680. The molecule has 2 aliphatic heterocycles. The summed E-state index contributed by atoms with van der Waals surface area (Å²) in [6, 6.07) is 19.5. The molecule has 40 heavy (non-hydrogen) atoms. The minimum Gasteiger partial charge on any atom is -0.465 e. The number of nitrogens with one attached hydrogen (secondary N) is 2. The summed E-state index contributed by atoms with van der Waals surface area (Å²) in [4.78, 5) is 39.4. The molecule has 198 valence electrons. The average Bonchev–Trinajstić information content (AvgIpc) is 3.67. The highest BCUT2D eigenvalue weighted by Crippen LogP contribution is 2.45. The average molecular weight is 533 g/mol. The molecule has 0 fully saturated rings. The van der Waals surface area contributed by atoms with Gasteiger partial charge in [0, 0.05) is 45.5 Å². The van der Waals surface area contributed by atoms with E-state index in [9.17, 15) is 14.4 Å². The number of carbonyl (C=O) groups excluding carboxylic acids is 3. The largest absolute Gasteiger partial charge is 0.465 e. The summed E-state index contributed by atoms with van der Waals surface area (Å²) in [7, 11) is 0. The number of hydrogen-bond donors (Lipinski definition) is 2. The normalized spacial score (nSPS) is 16.6. The maximum Gasteiger partial charge on any atom is 0.407 e. The Morgan fingerprint density at radius 3 is 2.20 bits per heavy atom. The van der Waals surface area contributed by atoms with Gasteiger partial charge in [-0.25, -0.2) is 4.79 Å². The van der Waals surface area contributed by atoms with E-state index in [-0.39, 0.29) is 18.4 Å². The quantitative estimate of drug-likeness (QED) is 0.297. The Balaban J connectivity index is 1.34. The zero-order chi connectivity index (χ0) is 27.1. The van der Waals surface area contributed by atoms with Crippen LogP contribution in [0.2, 0.25) is 0 Å². The van der Waals surface area contributed by atoms with E-state index in [4.69, 9.17) is 9.15 Å². The van der Waals surface area contributed by atoms with E-state index in [0.717, 1.165) is 49.4 Å². The molecule has 8 rings (SSSR count). The number of aryl methyl sites for hydroxylation is 2. The number of rotatable bonds is 3. The number of amides is 3. The van der Waals surface area contributed by atoms with Crippen molar-refractivity contribution in [3.63, 3.8) is 0 Å². The lowest BCUT2D eigenvalue weighted by Crippen LogP contribution is -2.32. The SMILES string of the molecule is Cc1ccc(CNC(=O)OC2CCn3c4ccccc4c4c5c(c6c7ccccc7n(c6c43)C2)C(=O)NC5=O)o1. The lowest BCUT2D eigenvalue weighted by Gasteiger charge is -2.24. The Labute approximate surface area is 227 Å². The van der Waals surface area contributed by atoms with Gasteiger partial charge in [-0.1, -0.05) is 36.4 Å². The lowest BCUT2D eigenvalue weighted by molar-refractivity contribution is 0.0799. The van der Waals surface area contributed by atoms with Crippen LogP contribution in [0.1, 0.15) is 38.7 Å². The third-order valence-electron chi connectivity index (χ3n) is 8.13. The molecule has 3 amide bonds. The second-order valence-corrected chi connectivity index (χ2v) is 10.5. The van der Waals surface area contributed by atoms with Gasteiger partial charge < -0.3 is 23.6 Å². The lowest BCUT2D eigenvalue weighted by atomic mass is 9.96. The monoisotopic (exact) mass is 532 g/mol. The third-order valence-corrected chi connectivity index (χ3v) is 8.13. The minimum atomic E-state index is -0.519. The number of alkyl carbamates (subject to hydrolysis) is 1. The van der Waals surface area contributed by atoms with Crippen molar-refractivity contribution in [2.75, 3.05) is 0 Å².